The number of benzene rings is 3. The van der Waals surface area contributed by atoms with Crippen molar-refractivity contribution in [3.8, 4) is 0 Å². The second kappa shape index (κ2) is 10.2. The second-order valence-corrected chi connectivity index (χ2v) is 9.78. The van der Waals surface area contributed by atoms with Crippen LogP contribution in [0, 0.1) is 13.8 Å². The van der Waals surface area contributed by atoms with E-state index in [4.69, 9.17) is 23.2 Å². The van der Waals surface area contributed by atoms with E-state index in [9.17, 15) is 13.2 Å². The SMILES string of the molecule is Cc1ccc(S(=O)(=O)N(CC(=O)N/N=C\c2ccc(Cl)cc2Cl)c2ccccc2C)cc1. The van der Waals surface area contributed by atoms with Crippen LogP contribution in [0.15, 0.2) is 76.7 Å². The summed E-state index contributed by atoms with van der Waals surface area (Å²) in [7, 11) is -3.99. The van der Waals surface area contributed by atoms with Crippen molar-refractivity contribution in [3.05, 3.63) is 93.5 Å². The molecule has 3 rings (SSSR count). The lowest BCUT2D eigenvalue weighted by molar-refractivity contribution is -0.119. The first-order chi connectivity index (χ1) is 15.2. The van der Waals surface area contributed by atoms with Gasteiger partial charge in [0, 0.05) is 10.6 Å². The number of hydrogen-bond donors (Lipinski definition) is 1. The maximum Gasteiger partial charge on any atom is 0.264 e. The maximum absolute atomic E-state index is 13.4. The Morgan fingerprint density at radius 1 is 1.03 bits per heavy atom. The summed E-state index contributed by atoms with van der Waals surface area (Å²) in [6.07, 6.45) is 1.36. The average Bonchev–Trinajstić information content (AvgIpc) is 2.74. The van der Waals surface area contributed by atoms with Gasteiger partial charge in [0.2, 0.25) is 0 Å². The molecule has 166 valence electrons. The van der Waals surface area contributed by atoms with E-state index < -0.39 is 22.5 Å². The summed E-state index contributed by atoms with van der Waals surface area (Å²) in [5.41, 5.74) is 4.97. The van der Waals surface area contributed by atoms with Crippen LogP contribution in [0.4, 0.5) is 5.69 Å². The van der Waals surface area contributed by atoms with Gasteiger partial charge in [-0.25, -0.2) is 13.8 Å². The van der Waals surface area contributed by atoms with Crippen LogP contribution >= 0.6 is 23.2 Å². The fourth-order valence-electron chi connectivity index (χ4n) is 2.93. The molecule has 3 aromatic carbocycles. The quantitative estimate of drug-likeness (QED) is 0.376. The van der Waals surface area contributed by atoms with Crippen LogP contribution < -0.4 is 9.73 Å². The number of nitrogens with zero attached hydrogens (tertiary/aromatic N) is 2. The van der Waals surface area contributed by atoms with Gasteiger partial charge in [-0.1, -0.05) is 65.2 Å². The van der Waals surface area contributed by atoms with Gasteiger partial charge in [0.15, 0.2) is 0 Å². The molecular weight excluding hydrogens is 469 g/mol. The van der Waals surface area contributed by atoms with Gasteiger partial charge < -0.3 is 0 Å². The minimum absolute atomic E-state index is 0.0931. The predicted octanol–water partition coefficient (Wildman–Crippen LogP) is 4.96. The maximum atomic E-state index is 13.4. The van der Waals surface area contributed by atoms with E-state index in [0.717, 1.165) is 9.87 Å². The molecule has 0 radical (unpaired) electrons. The summed E-state index contributed by atoms with van der Waals surface area (Å²) in [4.78, 5) is 12.7. The average molecular weight is 490 g/mol. The number of rotatable bonds is 7. The highest BCUT2D eigenvalue weighted by atomic mass is 35.5. The zero-order valence-corrected chi connectivity index (χ0v) is 19.7. The number of nitrogens with one attached hydrogen (secondary N) is 1. The van der Waals surface area contributed by atoms with Gasteiger partial charge >= 0.3 is 0 Å². The van der Waals surface area contributed by atoms with Crippen LogP contribution in [0.3, 0.4) is 0 Å². The number of carbonyl (C=O) groups excluding carboxylic acids is 1. The van der Waals surface area contributed by atoms with Crippen molar-refractivity contribution in [3.63, 3.8) is 0 Å². The number of hydrogen-bond acceptors (Lipinski definition) is 4. The molecular formula is C23H21Cl2N3O3S. The van der Waals surface area contributed by atoms with Gasteiger partial charge in [0.1, 0.15) is 6.54 Å². The van der Waals surface area contributed by atoms with E-state index in [0.29, 0.717) is 26.9 Å². The molecule has 1 N–H and O–H groups in total. The number of sulfonamides is 1. The van der Waals surface area contributed by atoms with Crippen LogP contribution in [0.2, 0.25) is 10.0 Å². The van der Waals surface area contributed by atoms with Gasteiger partial charge in [-0.3, -0.25) is 9.10 Å². The van der Waals surface area contributed by atoms with Gasteiger partial charge in [-0.05, 0) is 49.7 Å². The highest BCUT2D eigenvalue weighted by molar-refractivity contribution is 7.92. The van der Waals surface area contributed by atoms with Crippen molar-refractivity contribution in [2.45, 2.75) is 18.7 Å². The molecule has 0 saturated carbocycles. The lowest BCUT2D eigenvalue weighted by atomic mass is 10.2. The zero-order valence-electron chi connectivity index (χ0n) is 17.4. The van der Waals surface area contributed by atoms with Crippen molar-refractivity contribution in [1.82, 2.24) is 5.43 Å². The largest absolute Gasteiger partial charge is 0.271 e. The summed E-state index contributed by atoms with van der Waals surface area (Å²) in [5.74, 6) is -0.606. The fraction of sp³-hybridized carbons (Fsp3) is 0.130. The lowest BCUT2D eigenvalue weighted by Crippen LogP contribution is -2.40. The van der Waals surface area contributed by atoms with E-state index in [1.807, 2.05) is 6.92 Å². The van der Waals surface area contributed by atoms with Crippen molar-refractivity contribution in [2.24, 2.45) is 5.10 Å². The molecule has 0 unspecified atom stereocenters. The van der Waals surface area contributed by atoms with Gasteiger partial charge in [-0.2, -0.15) is 5.10 Å². The minimum atomic E-state index is -3.99. The van der Waals surface area contributed by atoms with Crippen molar-refractivity contribution < 1.29 is 13.2 Å². The van der Waals surface area contributed by atoms with Gasteiger partial charge in [-0.15, -0.1) is 0 Å². The molecule has 0 spiro atoms. The predicted molar refractivity (Wildman–Crippen MR) is 129 cm³/mol. The third-order valence-electron chi connectivity index (χ3n) is 4.64. The Balaban J connectivity index is 1.86. The van der Waals surface area contributed by atoms with Gasteiger partial charge in [0.25, 0.3) is 15.9 Å². The molecule has 6 nitrogen and oxygen atoms in total. The van der Waals surface area contributed by atoms with Crippen LogP contribution in [-0.4, -0.2) is 27.1 Å². The first-order valence-corrected chi connectivity index (χ1v) is 11.8. The number of anilines is 1. The molecule has 0 aliphatic carbocycles. The third-order valence-corrected chi connectivity index (χ3v) is 6.97. The van der Waals surface area contributed by atoms with E-state index in [1.54, 1.807) is 61.5 Å². The number of para-hydroxylation sites is 1. The Hall–Kier alpha value is -2.87. The second-order valence-electron chi connectivity index (χ2n) is 7.07. The third kappa shape index (κ3) is 5.68. The van der Waals surface area contributed by atoms with Crippen LogP contribution in [0.1, 0.15) is 16.7 Å². The standard InChI is InChI=1S/C23H21Cl2N3O3S/c1-16-7-11-20(12-8-16)32(30,31)28(22-6-4-3-5-17(22)2)15-23(29)27-26-14-18-9-10-19(24)13-21(18)25/h3-14H,15H2,1-2H3,(H,27,29)/b26-14-. The number of hydrazone groups is 1. The topological polar surface area (TPSA) is 78.8 Å². The molecule has 0 heterocycles. The molecule has 0 bridgehead atoms. The lowest BCUT2D eigenvalue weighted by Gasteiger charge is -2.25. The fourth-order valence-corrected chi connectivity index (χ4v) is 4.87. The molecule has 0 fully saturated rings. The Labute approximate surface area is 197 Å². The highest BCUT2D eigenvalue weighted by Crippen LogP contribution is 2.26. The molecule has 0 aliphatic rings. The highest BCUT2D eigenvalue weighted by Gasteiger charge is 2.28. The number of amides is 1. The van der Waals surface area contributed by atoms with E-state index in [-0.39, 0.29) is 4.90 Å². The molecule has 0 aromatic heterocycles. The Morgan fingerprint density at radius 2 is 1.72 bits per heavy atom. The molecule has 0 aliphatic heterocycles. The van der Waals surface area contributed by atoms with Crippen LogP contribution in [0.5, 0.6) is 0 Å². The molecule has 32 heavy (non-hydrogen) atoms. The Morgan fingerprint density at radius 3 is 2.38 bits per heavy atom. The van der Waals surface area contributed by atoms with E-state index >= 15 is 0 Å². The van der Waals surface area contributed by atoms with Gasteiger partial charge in [0.05, 0.1) is 21.8 Å². The summed E-state index contributed by atoms with van der Waals surface area (Å²) < 4.78 is 27.8. The smallest absolute Gasteiger partial charge is 0.264 e. The normalized spacial score (nSPS) is 11.5. The Kier molecular flexibility index (Phi) is 7.56. The summed E-state index contributed by atoms with van der Waals surface area (Å²) in [5, 5.41) is 4.75. The van der Waals surface area contributed by atoms with Crippen LogP contribution in [0.25, 0.3) is 0 Å². The minimum Gasteiger partial charge on any atom is -0.271 e. The van der Waals surface area contributed by atoms with Crippen LogP contribution in [-0.2, 0) is 14.8 Å². The number of halogens is 2. The molecule has 0 atom stereocenters. The van der Waals surface area contributed by atoms with E-state index in [2.05, 4.69) is 10.5 Å². The molecule has 3 aromatic rings. The summed E-state index contributed by atoms with van der Waals surface area (Å²) in [6.45, 7) is 3.20. The summed E-state index contributed by atoms with van der Waals surface area (Å²) in [6, 6.07) is 18.3. The first kappa shape index (κ1) is 23.8. The first-order valence-electron chi connectivity index (χ1n) is 9.60. The summed E-state index contributed by atoms with van der Waals surface area (Å²) >= 11 is 12.0. The number of carbonyl (C=O) groups is 1. The van der Waals surface area contributed by atoms with Crippen molar-refractivity contribution in [1.29, 1.82) is 0 Å². The molecule has 0 saturated heterocycles. The monoisotopic (exact) mass is 489 g/mol. The molecule has 9 heteroatoms. The Bertz CT molecular complexity index is 1260. The number of aryl methyl sites for hydroxylation is 2. The zero-order chi connectivity index (χ0) is 23.3. The molecule has 1 amide bonds. The van der Waals surface area contributed by atoms with Crippen molar-refractivity contribution >= 4 is 51.0 Å². The van der Waals surface area contributed by atoms with Crippen molar-refractivity contribution in [2.75, 3.05) is 10.8 Å². The van der Waals surface area contributed by atoms with E-state index in [1.165, 1.54) is 18.3 Å².